The molecule has 46 heavy (non-hydrogen) atoms. The van der Waals surface area contributed by atoms with Gasteiger partial charge in [-0.25, -0.2) is 0 Å². The Morgan fingerprint density at radius 3 is 1.48 bits per heavy atom. The summed E-state index contributed by atoms with van der Waals surface area (Å²) in [5.74, 6) is 0. The third-order valence-corrected chi connectivity index (χ3v) is 9.49. The zero-order valence-electron chi connectivity index (χ0n) is 24.8. The quantitative estimate of drug-likeness (QED) is 0.193. The molecule has 2 heteroatoms. The van der Waals surface area contributed by atoms with E-state index >= 15 is 0 Å². The Morgan fingerprint density at radius 1 is 0.283 bits per heavy atom. The number of hydrogen-bond donors (Lipinski definition) is 0. The molecule has 0 unspecified atom stereocenters. The third kappa shape index (κ3) is 3.53. The predicted octanol–water partition coefficient (Wildman–Crippen LogP) is 12.8. The average Bonchev–Trinajstić information content (AvgIpc) is 3.70. The number of hydrogen-bond acceptors (Lipinski definition) is 2. The van der Waals surface area contributed by atoms with Crippen molar-refractivity contribution < 1.29 is 8.83 Å². The Morgan fingerprint density at radius 2 is 0.761 bits per heavy atom. The number of fused-ring (bicyclic) bond motifs is 9. The molecule has 2 nitrogen and oxygen atoms in total. The van der Waals surface area contributed by atoms with Gasteiger partial charge in [0.05, 0.1) is 0 Å². The highest BCUT2D eigenvalue weighted by atomic mass is 16.4. The molecule has 0 spiro atoms. The zero-order valence-corrected chi connectivity index (χ0v) is 24.8. The largest absolute Gasteiger partial charge is 0.452 e. The van der Waals surface area contributed by atoms with E-state index in [1.165, 1.54) is 49.4 Å². The van der Waals surface area contributed by atoms with Gasteiger partial charge in [-0.3, -0.25) is 0 Å². The van der Waals surface area contributed by atoms with Gasteiger partial charge in [0.2, 0.25) is 0 Å². The minimum absolute atomic E-state index is 0.790. The van der Waals surface area contributed by atoms with Crippen molar-refractivity contribution in [1.29, 1.82) is 0 Å². The molecule has 0 atom stereocenters. The minimum Gasteiger partial charge on any atom is -0.452 e. The van der Waals surface area contributed by atoms with Gasteiger partial charge in [-0.15, -0.1) is 0 Å². The molecular formula is C44H26O2. The van der Waals surface area contributed by atoms with Crippen molar-refractivity contribution in [2.24, 2.45) is 0 Å². The van der Waals surface area contributed by atoms with Gasteiger partial charge in [-0.2, -0.15) is 0 Å². The lowest BCUT2D eigenvalue weighted by molar-refractivity contribution is 0.633. The molecule has 0 aliphatic heterocycles. The predicted molar refractivity (Wildman–Crippen MR) is 192 cm³/mol. The summed E-state index contributed by atoms with van der Waals surface area (Å²) in [5, 5.41) is 9.21. The highest BCUT2D eigenvalue weighted by Gasteiger charge is 2.23. The summed E-state index contributed by atoms with van der Waals surface area (Å²) >= 11 is 0. The maximum absolute atomic E-state index is 6.65. The molecule has 2 heterocycles. The molecule has 0 N–H and O–H groups in total. The first-order valence-corrected chi connectivity index (χ1v) is 15.7. The zero-order chi connectivity index (χ0) is 30.2. The van der Waals surface area contributed by atoms with Gasteiger partial charge in [-0.05, 0) is 79.2 Å². The highest BCUT2D eigenvalue weighted by Crippen LogP contribution is 2.49. The number of benzene rings is 8. The van der Waals surface area contributed by atoms with Gasteiger partial charge >= 0.3 is 0 Å². The molecule has 2 aromatic heterocycles. The van der Waals surface area contributed by atoms with E-state index < -0.39 is 0 Å². The van der Waals surface area contributed by atoms with Gasteiger partial charge < -0.3 is 8.83 Å². The van der Waals surface area contributed by atoms with Gasteiger partial charge in [0.1, 0.15) is 11.2 Å². The first kappa shape index (κ1) is 25.2. The summed E-state index contributed by atoms with van der Waals surface area (Å²) in [7, 11) is 0. The Bertz CT molecular complexity index is 2740. The third-order valence-electron chi connectivity index (χ3n) is 9.49. The van der Waals surface area contributed by atoms with Crippen molar-refractivity contribution in [3.05, 3.63) is 158 Å². The van der Waals surface area contributed by atoms with Crippen LogP contribution in [0.1, 0.15) is 0 Å². The lowest BCUT2D eigenvalue weighted by atomic mass is 9.83. The van der Waals surface area contributed by atoms with Gasteiger partial charge in [0.15, 0.2) is 11.2 Å². The SMILES string of the molecule is c1ccc(-c2ccccc2-c2c3ccccc3c(-c3cccc4oc5c(ccc6c7ccccc7oc65)c34)c3ccccc23)cc1. The molecule has 0 aliphatic carbocycles. The monoisotopic (exact) mass is 586 g/mol. The van der Waals surface area contributed by atoms with Crippen LogP contribution >= 0.6 is 0 Å². The lowest BCUT2D eigenvalue weighted by Crippen LogP contribution is -1.93. The van der Waals surface area contributed by atoms with E-state index in [1.807, 2.05) is 12.1 Å². The first-order valence-electron chi connectivity index (χ1n) is 15.7. The second-order valence-electron chi connectivity index (χ2n) is 12.0. The standard InChI is InChI=1S/C44H26O2/c1-2-13-27(14-3-1)28-15-4-5-17-30(28)40-31-18-6-8-20-33(31)41(34-21-9-7-19-32(34)40)36-22-12-24-39-42(36)37-26-25-35-29-16-10-11-23-38(29)45-43(35)44(37)46-39/h1-26H. The fourth-order valence-electron chi connectivity index (χ4n) is 7.55. The van der Waals surface area contributed by atoms with Crippen LogP contribution in [0.5, 0.6) is 0 Å². The fraction of sp³-hybridized carbons (Fsp3) is 0. The highest BCUT2D eigenvalue weighted by molar-refractivity contribution is 6.28. The number of furan rings is 2. The van der Waals surface area contributed by atoms with Crippen LogP contribution in [0.25, 0.3) is 98.8 Å². The Labute approximate surface area is 264 Å². The van der Waals surface area contributed by atoms with Crippen LogP contribution in [-0.2, 0) is 0 Å². The Kier molecular flexibility index (Phi) is 5.31. The molecule has 0 saturated carbocycles. The molecule has 0 bridgehead atoms. The molecule has 10 rings (SSSR count). The van der Waals surface area contributed by atoms with Gasteiger partial charge in [0, 0.05) is 21.5 Å². The molecule has 0 fully saturated rings. The number of para-hydroxylation sites is 1. The average molecular weight is 587 g/mol. The fourth-order valence-corrected chi connectivity index (χ4v) is 7.55. The van der Waals surface area contributed by atoms with Crippen LogP contribution in [0.3, 0.4) is 0 Å². The van der Waals surface area contributed by atoms with E-state index in [2.05, 4.69) is 146 Å². The van der Waals surface area contributed by atoms with E-state index in [1.54, 1.807) is 0 Å². The Balaban J connectivity index is 1.33. The minimum atomic E-state index is 0.790. The summed E-state index contributed by atoms with van der Waals surface area (Å²) in [6.45, 7) is 0. The topological polar surface area (TPSA) is 26.3 Å². The van der Waals surface area contributed by atoms with Crippen LogP contribution in [0.4, 0.5) is 0 Å². The molecular weight excluding hydrogens is 560 g/mol. The maximum Gasteiger partial charge on any atom is 0.178 e. The van der Waals surface area contributed by atoms with Crippen LogP contribution in [-0.4, -0.2) is 0 Å². The second kappa shape index (κ2) is 9.69. The second-order valence-corrected chi connectivity index (χ2v) is 12.0. The van der Waals surface area contributed by atoms with Crippen LogP contribution < -0.4 is 0 Å². The molecule has 0 radical (unpaired) electrons. The van der Waals surface area contributed by atoms with E-state index in [-0.39, 0.29) is 0 Å². The summed E-state index contributed by atoms with van der Waals surface area (Å²) in [6.07, 6.45) is 0. The van der Waals surface area contributed by atoms with Crippen LogP contribution in [0, 0.1) is 0 Å². The van der Waals surface area contributed by atoms with Crippen molar-refractivity contribution in [1.82, 2.24) is 0 Å². The smallest absolute Gasteiger partial charge is 0.178 e. The summed E-state index contributed by atoms with van der Waals surface area (Å²) in [5.41, 5.74) is 10.6. The van der Waals surface area contributed by atoms with Crippen LogP contribution in [0.2, 0.25) is 0 Å². The van der Waals surface area contributed by atoms with E-state index in [0.717, 1.165) is 49.4 Å². The number of rotatable bonds is 3. The first-order chi connectivity index (χ1) is 22.8. The maximum atomic E-state index is 6.65. The lowest BCUT2D eigenvalue weighted by Gasteiger charge is -2.20. The summed E-state index contributed by atoms with van der Waals surface area (Å²) < 4.78 is 13.0. The van der Waals surface area contributed by atoms with Gasteiger partial charge in [-0.1, -0.05) is 133 Å². The molecule has 10 aromatic rings. The molecule has 0 aliphatic rings. The van der Waals surface area contributed by atoms with Crippen molar-refractivity contribution in [2.75, 3.05) is 0 Å². The van der Waals surface area contributed by atoms with E-state index in [4.69, 9.17) is 8.83 Å². The molecule has 0 saturated heterocycles. The van der Waals surface area contributed by atoms with Crippen molar-refractivity contribution in [2.45, 2.75) is 0 Å². The summed E-state index contributed by atoms with van der Waals surface area (Å²) in [6, 6.07) is 56.1. The van der Waals surface area contributed by atoms with Crippen LogP contribution in [0.15, 0.2) is 167 Å². The Hall–Kier alpha value is -6.12. The van der Waals surface area contributed by atoms with Crippen molar-refractivity contribution >= 4 is 65.4 Å². The molecule has 0 amide bonds. The molecule has 8 aromatic carbocycles. The molecule has 214 valence electrons. The van der Waals surface area contributed by atoms with Gasteiger partial charge in [0.25, 0.3) is 0 Å². The van der Waals surface area contributed by atoms with Crippen molar-refractivity contribution in [3.63, 3.8) is 0 Å². The van der Waals surface area contributed by atoms with Crippen molar-refractivity contribution in [3.8, 4) is 33.4 Å². The normalized spacial score (nSPS) is 11.9. The summed E-state index contributed by atoms with van der Waals surface area (Å²) in [4.78, 5) is 0. The van der Waals surface area contributed by atoms with E-state index in [0.29, 0.717) is 0 Å². The van der Waals surface area contributed by atoms with E-state index in [9.17, 15) is 0 Å².